The molecule has 4 aromatic rings. The zero-order valence-corrected chi connectivity index (χ0v) is 31.4. The summed E-state index contributed by atoms with van der Waals surface area (Å²) in [5.41, 5.74) is 5.17. The number of para-hydroxylation sites is 1. The Morgan fingerprint density at radius 2 is 1.62 bits per heavy atom. The van der Waals surface area contributed by atoms with Gasteiger partial charge < -0.3 is 15.7 Å². The van der Waals surface area contributed by atoms with Crippen LogP contribution >= 0.6 is 58.2 Å². The van der Waals surface area contributed by atoms with Gasteiger partial charge in [0, 0.05) is 21.0 Å². The van der Waals surface area contributed by atoms with Gasteiger partial charge >= 0.3 is 0 Å². The molecule has 1 aliphatic rings. The van der Waals surface area contributed by atoms with E-state index in [1.54, 1.807) is 95.3 Å². The van der Waals surface area contributed by atoms with Crippen molar-refractivity contribution in [2.24, 2.45) is 10.4 Å². The Kier molecular flexibility index (Phi) is 11.3. The van der Waals surface area contributed by atoms with E-state index in [1.807, 2.05) is 0 Å². The molecule has 260 valence electrons. The predicted octanol–water partition coefficient (Wildman–Crippen LogP) is 9.78. The van der Waals surface area contributed by atoms with Crippen molar-refractivity contribution >= 4 is 104 Å². The van der Waals surface area contributed by atoms with Crippen LogP contribution in [0.2, 0.25) is 20.1 Å². The highest BCUT2D eigenvalue weighted by Crippen LogP contribution is 2.41. The molecule has 14 heteroatoms. The van der Waals surface area contributed by atoms with E-state index in [9.17, 15) is 19.5 Å². The number of aryl methyl sites for hydroxylation is 1. The highest BCUT2D eigenvalue weighted by Gasteiger charge is 2.41. The molecule has 1 fully saturated rings. The van der Waals surface area contributed by atoms with Crippen molar-refractivity contribution in [2.75, 3.05) is 15.6 Å². The summed E-state index contributed by atoms with van der Waals surface area (Å²) in [6.45, 7) is 8.94. The standard InChI is InChI=1S/C36H33Cl4N5O4S/c1-18-14-20(10-13-28(18)46)19(2)33(47)41-22-11-12-23(38)27(17-22)42-32-31(34(48)45(44-32)30-24(39)15-21(37)16-25(30)40)50-29-9-7-6-8-26(29)43-35(49)36(3,4)5/h6-17,19,31,46H,1-5H3,(H,41,47)(H,42,44)(H,43,49). The monoisotopic (exact) mass is 771 g/mol. The number of amides is 3. The SMILES string of the molecule is Cc1cc(C(C)C(=O)Nc2ccc(Cl)c(N=C3NN(c4c(Cl)cc(Cl)cc4Cl)C(=O)C3Sc3ccccc3NC(=O)C(C)(C)C)c2)ccc1O. The molecule has 2 atom stereocenters. The van der Waals surface area contributed by atoms with Gasteiger partial charge in [0.05, 0.1) is 32.4 Å². The number of nitrogens with one attached hydrogen (secondary N) is 3. The number of aromatic hydroxyl groups is 1. The molecule has 3 amide bonds. The summed E-state index contributed by atoms with van der Waals surface area (Å²) in [7, 11) is 0. The molecule has 9 nitrogen and oxygen atoms in total. The van der Waals surface area contributed by atoms with Crippen molar-refractivity contribution in [3.8, 4) is 5.75 Å². The van der Waals surface area contributed by atoms with E-state index in [1.165, 1.54) is 17.1 Å². The number of phenols is 1. The lowest BCUT2D eigenvalue weighted by atomic mass is 9.95. The largest absolute Gasteiger partial charge is 0.508 e. The number of hydrogen-bond donors (Lipinski definition) is 4. The fraction of sp³-hybridized carbons (Fsp3) is 0.222. The number of carbonyl (C=O) groups is 3. The van der Waals surface area contributed by atoms with Crippen LogP contribution in [0.5, 0.6) is 5.75 Å². The lowest BCUT2D eigenvalue weighted by Crippen LogP contribution is -2.36. The molecule has 5 rings (SSSR count). The number of anilines is 3. The average Bonchev–Trinajstić information content (AvgIpc) is 3.33. The van der Waals surface area contributed by atoms with Crippen LogP contribution in [-0.2, 0) is 14.4 Å². The summed E-state index contributed by atoms with van der Waals surface area (Å²) >= 11 is 27.0. The third kappa shape index (κ3) is 8.33. The van der Waals surface area contributed by atoms with Gasteiger partial charge in [-0.05, 0) is 73.5 Å². The first-order valence-corrected chi connectivity index (χ1v) is 17.7. The van der Waals surface area contributed by atoms with Gasteiger partial charge in [-0.1, -0.05) is 91.4 Å². The fourth-order valence-corrected chi connectivity index (χ4v) is 7.06. The van der Waals surface area contributed by atoms with Crippen molar-refractivity contribution in [3.05, 3.63) is 104 Å². The van der Waals surface area contributed by atoms with Crippen molar-refractivity contribution in [3.63, 3.8) is 0 Å². The number of amidine groups is 1. The molecule has 0 spiro atoms. The Hall–Kier alpha value is -3.93. The van der Waals surface area contributed by atoms with Crippen LogP contribution in [0.4, 0.5) is 22.7 Å². The maximum Gasteiger partial charge on any atom is 0.267 e. The van der Waals surface area contributed by atoms with Gasteiger partial charge in [0.15, 0.2) is 0 Å². The highest BCUT2D eigenvalue weighted by atomic mass is 35.5. The van der Waals surface area contributed by atoms with Gasteiger partial charge in [-0.2, -0.15) is 0 Å². The first-order chi connectivity index (χ1) is 23.5. The summed E-state index contributed by atoms with van der Waals surface area (Å²) in [4.78, 5) is 45.7. The molecule has 0 aromatic heterocycles. The smallest absolute Gasteiger partial charge is 0.267 e. The molecular formula is C36H33Cl4N5O4S. The molecule has 0 aliphatic carbocycles. The Morgan fingerprint density at radius 3 is 2.28 bits per heavy atom. The van der Waals surface area contributed by atoms with Gasteiger partial charge in [0.1, 0.15) is 22.5 Å². The molecule has 4 N–H and O–H groups in total. The Labute approximate surface area is 314 Å². The van der Waals surface area contributed by atoms with Crippen LogP contribution in [0.25, 0.3) is 0 Å². The average molecular weight is 774 g/mol. The maximum atomic E-state index is 14.2. The molecule has 0 bridgehead atoms. The number of hydrogen-bond acceptors (Lipinski definition) is 6. The molecule has 1 saturated heterocycles. The molecular weight excluding hydrogens is 740 g/mol. The van der Waals surface area contributed by atoms with E-state index in [0.29, 0.717) is 26.9 Å². The quantitative estimate of drug-likeness (QED) is 0.141. The second-order valence-electron chi connectivity index (χ2n) is 12.6. The third-order valence-electron chi connectivity index (χ3n) is 7.75. The number of rotatable bonds is 8. The number of carbonyl (C=O) groups excluding carboxylic acids is 3. The second kappa shape index (κ2) is 15.1. The number of benzene rings is 4. The van der Waals surface area contributed by atoms with Crippen LogP contribution in [0.1, 0.15) is 44.7 Å². The summed E-state index contributed by atoms with van der Waals surface area (Å²) in [6.07, 6.45) is 0. The van der Waals surface area contributed by atoms with E-state index in [4.69, 9.17) is 51.4 Å². The van der Waals surface area contributed by atoms with Crippen LogP contribution in [0.3, 0.4) is 0 Å². The van der Waals surface area contributed by atoms with Gasteiger partial charge in [-0.15, -0.1) is 11.8 Å². The van der Waals surface area contributed by atoms with Gasteiger partial charge in [0.25, 0.3) is 5.91 Å². The van der Waals surface area contributed by atoms with Crippen molar-refractivity contribution in [1.82, 2.24) is 5.43 Å². The molecule has 0 saturated carbocycles. The number of thioether (sulfide) groups is 1. The van der Waals surface area contributed by atoms with Crippen molar-refractivity contribution < 1.29 is 19.5 Å². The molecule has 0 radical (unpaired) electrons. The minimum atomic E-state index is -0.974. The number of nitrogens with zero attached hydrogens (tertiary/aromatic N) is 2. The lowest BCUT2D eigenvalue weighted by Gasteiger charge is -2.20. The second-order valence-corrected chi connectivity index (χ2v) is 15.4. The highest BCUT2D eigenvalue weighted by molar-refractivity contribution is 8.01. The topological polar surface area (TPSA) is 123 Å². The minimum absolute atomic E-state index is 0.131. The summed E-state index contributed by atoms with van der Waals surface area (Å²) in [5.74, 6) is -1.12. The summed E-state index contributed by atoms with van der Waals surface area (Å²) < 4.78 is 0. The molecule has 50 heavy (non-hydrogen) atoms. The Bertz CT molecular complexity index is 2010. The number of aliphatic imine (C=N–C) groups is 1. The Morgan fingerprint density at radius 1 is 0.940 bits per heavy atom. The predicted molar refractivity (Wildman–Crippen MR) is 205 cm³/mol. The van der Waals surface area contributed by atoms with Crippen molar-refractivity contribution in [2.45, 2.75) is 50.7 Å². The maximum absolute atomic E-state index is 14.2. The van der Waals surface area contributed by atoms with Crippen LogP contribution in [-0.4, -0.2) is 33.9 Å². The molecule has 1 heterocycles. The van der Waals surface area contributed by atoms with E-state index in [-0.39, 0.29) is 49.8 Å². The van der Waals surface area contributed by atoms with E-state index in [0.717, 1.165) is 17.3 Å². The third-order valence-corrected chi connectivity index (χ3v) is 10.1. The number of phenolic OH excluding ortho intramolecular Hbond substituents is 1. The van der Waals surface area contributed by atoms with E-state index < -0.39 is 22.5 Å². The summed E-state index contributed by atoms with van der Waals surface area (Å²) in [5, 5.41) is 16.8. The molecule has 2 unspecified atom stereocenters. The normalized spacial score (nSPS) is 15.9. The zero-order chi connectivity index (χ0) is 36.5. The van der Waals surface area contributed by atoms with Gasteiger partial charge in [-0.25, -0.2) is 10.0 Å². The van der Waals surface area contributed by atoms with Crippen LogP contribution in [0, 0.1) is 12.3 Å². The first-order valence-electron chi connectivity index (χ1n) is 15.3. The minimum Gasteiger partial charge on any atom is -0.508 e. The first kappa shape index (κ1) is 37.3. The van der Waals surface area contributed by atoms with Crippen LogP contribution in [0.15, 0.2) is 82.7 Å². The van der Waals surface area contributed by atoms with Crippen molar-refractivity contribution in [1.29, 1.82) is 0 Å². The number of halogens is 4. The summed E-state index contributed by atoms with van der Waals surface area (Å²) in [6, 6.07) is 19.9. The molecule has 1 aliphatic heterocycles. The fourth-order valence-electron chi connectivity index (χ4n) is 4.83. The van der Waals surface area contributed by atoms with Gasteiger partial charge in [-0.3, -0.25) is 19.8 Å². The van der Waals surface area contributed by atoms with Crippen LogP contribution < -0.4 is 21.1 Å². The Balaban J connectivity index is 1.51. The molecule has 4 aromatic carbocycles. The van der Waals surface area contributed by atoms with E-state index >= 15 is 0 Å². The van der Waals surface area contributed by atoms with Gasteiger partial charge in [0.2, 0.25) is 11.8 Å². The number of hydrazine groups is 1. The van der Waals surface area contributed by atoms with E-state index in [2.05, 4.69) is 16.1 Å². The lowest BCUT2D eigenvalue weighted by molar-refractivity contribution is -0.123. The zero-order valence-electron chi connectivity index (χ0n) is 27.6.